The van der Waals surface area contributed by atoms with Crippen LogP contribution in [0.4, 0.5) is 0 Å². The number of rotatable bonds is 3. The molecule has 0 aliphatic rings. The minimum absolute atomic E-state index is 0.518. The van der Waals surface area contributed by atoms with Crippen molar-refractivity contribution in [3.63, 3.8) is 0 Å². The maximum absolute atomic E-state index is 5.34. The first kappa shape index (κ1) is 11.7. The van der Waals surface area contributed by atoms with E-state index in [9.17, 15) is 0 Å². The lowest BCUT2D eigenvalue weighted by atomic mass is 10.00. The van der Waals surface area contributed by atoms with E-state index in [0.29, 0.717) is 5.92 Å². The summed E-state index contributed by atoms with van der Waals surface area (Å²) in [7, 11) is 3.57. The Hall–Kier alpha value is -1.77. The second kappa shape index (κ2) is 4.62. The zero-order valence-corrected chi connectivity index (χ0v) is 10.8. The summed E-state index contributed by atoms with van der Waals surface area (Å²) in [4.78, 5) is 0. The van der Waals surface area contributed by atoms with Gasteiger partial charge in [-0.25, -0.2) is 0 Å². The molecule has 2 aromatic rings. The van der Waals surface area contributed by atoms with Gasteiger partial charge in [-0.2, -0.15) is 5.10 Å². The molecular formula is C14H18N2O. The van der Waals surface area contributed by atoms with Crippen molar-refractivity contribution >= 4 is 0 Å². The van der Waals surface area contributed by atoms with Crippen molar-refractivity contribution in [2.24, 2.45) is 7.05 Å². The topological polar surface area (TPSA) is 27.1 Å². The third-order valence-electron chi connectivity index (χ3n) is 2.84. The van der Waals surface area contributed by atoms with Gasteiger partial charge >= 0.3 is 0 Å². The van der Waals surface area contributed by atoms with Crippen molar-refractivity contribution < 1.29 is 4.74 Å². The zero-order chi connectivity index (χ0) is 12.4. The fourth-order valence-electron chi connectivity index (χ4n) is 1.86. The number of aromatic nitrogens is 2. The number of ether oxygens (including phenoxy) is 1. The van der Waals surface area contributed by atoms with Gasteiger partial charge in [-0.1, -0.05) is 32.0 Å². The van der Waals surface area contributed by atoms with E-state index in [1.807, 2.05) is 13.2 Å². The van der Waals surface area contributed by atoms with Gasteiger partial charge < -0.3 is 4.74 Å². The molecule has 0 N–H and O–H groups in total. The summed E-state index contributed by atoms with van der Waals surface area (Å²) in [6.45, 7) is 4.38. The van der Waals surface area contributed by atoms with E-state index in [-0.39, 0.29) is 0 Å². The Bertz CT molecular complexity index is 515. The van der Waals surface area contributed by atoms with Gasteiger partial charge in [-0.05, 0) is 17.5 Å². The zero-order valence-electron chi connectivity index (χ0n) is 10.8. The van der Waals surface area contributed by atoms with Crippen LogP contribution in [0.1, 0.15) is 25.3 Å². The minimum Gasteiger partial charge on any atom is -0.493 e. The van der Waals surface area contributed by atoms with E-state index in [1.165, 1.54) is 5.56 Å². The van der Waals surface area contributed by atoms with Gasteiger partial charge in [-0.3, -0.25) is 4.68 Å². The fraction of sp³-hybridized carbons (Fsp3) is 0.357. The molecule has 1 heterocycles. The van der Waals surface area contributed by atoms with Gasteiger partial charge in [-0.15, -0.1) is 0 Å². The van der Waals surface area contributed by atoms with Crippen LogP contribution >= 0.6 is 0 Å². The van der Waals surface area contributed by atoms with Crippen molar-refractivity contribution in [3.8, 4) is 17.0 Å². The molecule has 90 valence electrons. The second-order valence-electron chi connectivity index (χ2n) is 4.50. The highest BCUT2D eigenvalue weighted by atomic mass is 16.5. The van der Waals surface area contributed by atoms with Crippen LogP contribution in [0.25, 0.3) is 11.3 Å². The summed E-state index contributed by atoms with van der Waals surface area (Å²) in [5.74, 6) is 1.33. The first-order valence-electron chi connectivity index (χ1n) is 5.79. The molecule has 3 nitrogen and oxygen atoms in total. The number of aryl methyl sites for hydroxylation is 1. The van der Waals surface area contributed by atoms with Crippen molar-refractivity contribution in [1.82, 2.24) is 9.78 Å². The van der Waals surface area contributed by atoms with Crippen LogP contribution in [-0.2, 0) is 7.05 Å². The Morgan fingerprint density at radius 2 is 2.06 bits per heavy atom. The third-order valence-corrected chi connectivity index (χ3v) is 2.84. The highest BCUT2D eigenvalue weighted by molar-refractivity contribution is 5.66. The van der Waals surface area contributed by atoms with Gasteiger partial charge in [0, 0.05) is 12.6 Å². The molecule has 0 aliphatic carbocycles. The van der Waals surface area contributed by atoms with E-state index in [0.717, 1.165) is 17.0 Å². The first-order valence-corrected chi connectivity index (χ1v) is 5.79. The number of hydrogen-bond donors (Lipinski definition) is 0. The first-order chi connectivity index (χ1) is 8.11. The quantitative estimate of drug-likeness (QED) is 0.809. The van der Waals surface area contributed by atoms with Gasteiger partial charge in [0.15, 0.2) is 5.75 Å². The predicted octanol–water partition coefficient (Wildman–Crippen LogP) is 3.22. The standard InChI is InChI=1S/C14H18N2O/c1-10(2)11-6-5-7-12(8-11)14-13(17-4)9-16(3)15-14/h5-10H,1-4H3. The summed E-state index contributed by atoms with van der Waals surface area (Å²) < 4.78 is 7.11. The van der Waals surface area contributed by atoms with E-state index < -0.39 is 0 Å². The van der Waals surface area contributed by atoms with Crippen LogP contribution in [-0.4, -0.2) is 16.9 Å². The molecule has 2 rings (SSSR count). The number of hydrogen-bond acceptors (Lipinski definition) is 2. The lowest BCUT2D eigenvalue weighted by Crippen LogP contribution is -1.91. The van der Waals surface area contributed by atoms with E-state index >= 15 is 0 Å². The number of nitrogens with zero attached hydrogens (tertiary/aromatic N) is 2. The van der Waals surface area contributed by atoms with E-state index in [4.69, 9.17) is 4.74 Å². The Morgan fingerprint density at radius 3 is 2.71 bits per heavy atom. The monoisotopic (exact) mass is 230 g/mol. The second-order valence-corrected chi connectivity index (χ2v) is 4.50. The Balaban J connectivity index is 2.48. The number of benzene rings is 1. The molecule has 1 aromatic heterocycles. The molecule has 0 atom stereocenters. The molecule has 0 radical (unpaired) electrons. The molecule has 17 heavy (non-hydrogen) atoms. The van der Waals surface area contributed by atoms with Gasteiger partial charge in [0.25, 0.3) is 0 Å². The molecule has 0 unspecified atom stereocenters. The lowest BCUT2D eigenvalue weighted by Gasteiger charge is -2.07. The average Bonchev–Trinajstić information content (AvgIpc) is 2.70. The van der Waals surface area contributed by atoms with Crippen LogP contribution in [0.15, 0.2) is 30.5 Å². The molecule has 0 fully saturated rings. The maximum Gasteiger partial charge on any atom is 0.164 e. The smallest absolute Gasteiger partial charge is 0.164 e. The summed E-state index contributed by atoms with van der Waals surface area (Å²) in [5, 5.41) is 4.44. The highest BCUT2D eigenvalue weighted by Gasteiger charge is 2.11. The van der Waals surface area contributed by atoms with Crippen molar-refractivity contribution in [3.05, 3.63) is 36.0 Å². The largest absolute Gasteiger partial charge is 0.493 e. The Labute approximate surface area is 102 Å². The average molecular weight is 230 g/mol. The summed E-state index contributed by atoms with van der Waals surface area (Å²) in [5.41, 5.74) is 3.32. The van der Waals surface area contributed by atoms with E-state index in [1.54, 1.807) is 11.8 Å². The minimum atomic E-state index is 0.518. The highest BCUT2D eigenvalue weighted by Crippen LogP contribution is 2.29. The van der Waals surface area contributed by atoms with Crippen molar-refractivity contribution in [2.75, 3.05) is 7.11 Å². The van der Waals surface area contributed by atoms with Crippen LogP contribution in [0, 0.1) is 0 Å². The van der Waals surface area contributed by atoms with Gasteiger partial charge in [0.05, 0.1) is 13.3 Å². The molecular weight excluding hydrogens is 212 g/mol. The van der Waals surface area contributed by atoms with Crippen molar-refractivity contribution in [1.29, 1.82) is 0 Å². The fourth-order valence-corrected chi connectivity index (χ4v) is 1.86. The van der Waals surface area contributed by atoms with Gasteiger partial charge in [0.1, 0.15) is 5.69 Å². The molecule has 1 aromatic carbocycles. The Morgan fingerprint density at radius 1 is 1.29 bits per heavy atom. The lowest BCUT2D eigenvalue weighted by molar-refractivity contribution is 0.416. The maximum atomic E-state index is 5.34. The summed E-state index contributed by atoms with van der Waals surface area (Å²) in [6, 6.07) is 8.45. The summed E-state index contributed by atoms with van der Waals surface area (Å²) in [6.07, 6.45) is 1.89. The molecule has 0 bridgehead atoms. The molecule has 0 amide bonds. The molecule has 0 saturated heterocycles. The summed E-state index contributed by atoms with van der Waals surface area (Å²) >= 11 is 0. The van der Waals surface area contributed by atoms with Crippen molar-refractivity contribution in [2.45, 2.75) is 19.8 Å². The van der Waals surface area contributed by atoms with E-state index in [2.05, 4.69) is 43.2 Å². The Kier molecular flexibility index (Phi) is 3.18. The molecule has 3 heteroatoms. The van der Waals surface area contributed by atoms with Gasteiger partial charge in [0.2, 0.25) is 0 Å². The van der Waals surface area contributed by atoms with Crippen LogP contribution in [0.2, 0.25) is 0 Å². The molecule has 0 spiro atoms. The van der Waals surface area contributed by atoms with Crippen LogP contribution < -0.4 is 4.74 Å². The third kappa shape index (κ3) is 2.33. The van der Waals surface area contributed by atoms with Crippen LogP contribution in [0.3, 0.4) is 0 Å². The normalized spacial score (nSPS) is 10.9. The molecule has 0 saturated carbocycles. The predicted molar refractivity (Wildman–Crippen MR) is 69.3 cm³/mol. The van der Waals surface area contributed by atoms with Crippen LogP contribution in [0.5, 0.6) is 5.75 Å². The number of methoxy groups -OCH3 is 1. The molecule has 0 aliphatic heterocycles. The SMILES string of the molecule is COc1cn(C)nc1-c1cccc(C(C)C)c1.